The van der Waals surface area contributed by atoms with E-state index >= 15 is 0 Å². The van der Waals surface area contributed by atoms with Gasteiger partial charge in [-0.1, -0.05) is 28.9 Å². The molecule has 0 bridgehead atoms. The minimum Gasteiger partial charge on any atom is -0.497 e. The molecule has 0 fully saturated rings. The molecule has 9 heteroatoms. The average molecular weight is 450 g/mol. The summed E-state index contributed by atoms with van der Waals surface area (Å²) in [6.07, 6.45) is 3.30. The summed E-state index contributed by atoms with van der Waals surface area (Å²) in [5.41, 5.74) is 2.74. The molecule has 2 aromatic heterocycles. The lowest BCUT2D eigenvalue weighted by atomic mass is 10.1. The maximum Gasteiger partial charge on any atom is 0.274 e. The third-order valence-electron chi connectivity index (χ3n) is 4.83. The van der Waals surface area contributed by atoms with Crippen LogP contribution in [0.3, 0.4) is 0 Å². The zero-order valence-corrected chi connectivity index (χ0v) is 18.2. The Balaban J connectivity index is 1.68. The Morgan fingerprint density at radius 2 is 1.94 bits per heavy atom. The van der Waals surface area contributed by atoms with Gasteiger partial charge in [0.2, 0.25) is 0 Å². The van der Waals surface area contributed by atoms with Crippen molar-refractivity contribution in [2.75, 3.05) is 14.2 Å². The molecule has 0 radical (unpaired) electrons. The first-order chi connectivity index (χ1) is 15.6. The molecular weight excluding hydrogens is 430 g/mol. The Morgan fingerprint density at radius 3 is 2.66 bits per heavy atom. The molecular formula is C23H20ClN5O3. The third kappa shape index (κ3) is 4.26. The number of hydrogen-bond acceptors (Lipinski definition) is 6. The van der Waals surface area contributed by atoms with Crippen LogP contribution >= 0.6 is 11.6 Å². The van der Waals surface area contributed by atoms with Gasteiger partial charge in [0, 0.05) is 36.1 Å². The lowest BCUT2D eigenvalue weighted by Gasteiger charge is -2.12. The van der Waals surface area contributed by atoms with Crippen LogP contribution in [0.2, 0.25) is 5.02 Å². The number of carbonyl (C=O) groups excluding carboxylic acids is 1. The Labute approximate surface area is 189 Å². The first kappa shape index (κ1) is 21.3. The molecule has 32 heavy (non-hydrogen) atoms. The van der Waals surface area contributed by atoms with Crippen LogP contribution in [0.1, 0.15) is 16.1 Å². The van der Waals surface area contributed by atoms with Crippen LogP contribution in [0.5, 0.6) is 11.5 Å². The summed E-state index contributed by atoms with van der Waals surface area (Å²) in [5.74, 6) is 0.885. The number of methoxy groups -OCH3 is 2. The van der Waals surface area contributed by atoms with E-state index in [1.54, 1.807) is 61.6 Å². The van der Waals surface area contributed by atoms with Gasteiger partial charge in [0.15, 0.2) is 5.69 Å². The van der Waals surface area contributed by atoms with Gasteiger partial charge in [-0.2, -0.15) is 0 Å². The summed E-state index contributed by atoms with van der Waals surface area (Å²) >= 11 is 6.38. The van der Waals surface area contributed by atoms with Gasteiger partial charge in [-0.3, -0.25) is 9.78 Å². The molecule has 0 unspecified atom stereocenters. The average Bonchev–Trinajstić information content (AvgIpc) is 3.28. The summed E-state index contributed by atoms with van der Waals surface area (Å²) in [6.45, 7) is 0.234. The first-order valence-electron chi connectivity index (χ1n) is 9.72. The molecule has 0 aliphatic carbocycles. The molecule has 1 amide bonds. The quantitative estimate of drug-likeness (QED) is 0.459. The molecule has 2 aromatic carbocycles. The number of para-hydroxylation sites is 1. The summed E-state index contributed by atoms with van der Waals surface area (Å²) in [7, 11) is 3.15. The van der Waals surface area contributed by atoms with Gasteiger partial charge in [0.05, 0.1) is 24.9 Å². The van der Waals surface area contributed by atoms with Gasteiger partial charge in [-0.05, 0) is 36.4 Å². The number of aromatic nitrogens is 4. The number of carbonyl (C=O) groups is 1. The highest BCUT2D eigenvalue weighted by molar-refractivity contribution is 6.32. The fourth-order valence-corrected chi connectivity index (χ4v) is 3.46. The minimum absolute atomic E-state index is 0.158. The van der Waals surface area contributed by atoms with E-state index in [2.05, 4.69) is 20.6 Å². The monoisotopic (exact) mass is 449 g/mol. The lowest BCUT2D eigenvalue weighted by molar-refractivity contribution is 0.0946. The lowest BCUT2D eigenvalue weighted by Crippen LogP contribution is -2.24. The Morgan fingerprint density at radius 1 is 1.09 bits per heavy atom. The van der Waals surface area contributed by atoms with Crippen LogP contribution in [0, 0.1) is 0 Å². The fourth-order valence-electron chi connectivity index (χ4n) is 3.25. The summed E-state index contributed by atoms with van der Waals surface area (Å²) in [6, 6.07) is 16.2. The van der Waals surface area contributed by atoms with Crippen LogP contribution in [0.15, 0.2) is 67.0 Å². The first-order valence-corrected chi connectivity index (χ1v) is 10.1. The second kappa shape index (κ2) is 9.49. The molecule has 8 nitrogen and oxygen atoms in total. The van der Waals surface area contributed by atoms with E-state index < -0.39 is 0 Å². The number of halogens is 1. The van der Waals surface area contributed by atoms with Crippen molar-refractivity contribution < 1.29 is 14.3 Å². The van der Waals surface area contributed by atoms with Crippen molar-refractivity contribution in [1.82, 2.24) is 25.3 Å². The predicted molar refractivity (Wildman–Crippen MR) is 120 cm³/mol. The highest BCUT2D eigenvalue weighted by Crippen LogP contribution is 2.29. The molecule has 162 valence electrons. The SMILES string of the molecule is COc1ccc(CNC(=O)c2nnn(-c3ccccc3Cl)c2-c2cccnc2)c(OC)c1. The Hall–Kier alpha value is -3.91. The zero-order valence-electron chi connectivity index (χ0n) is 17.4. The normalized spacial score (nSPS) is 10.6. The van der Waals surface area contributed by atoms with Gasteiger partial charge >= 0.3 is 0 Å². The second-order valence-electron chi connectivity index (χ2n) is 6.75. The highest BCUT2D eigenvalue weighted by Gasteiger charge is 2.23. The van der Waals surface area contributed by atoms with Crippen LogP contribution in [0.25, 0.3) is 16.9 Å². The molecule has 0 saturated heterocycles. The zero-order chi connectivity index (χ0) is 22.5. The highest BCUT2D eigenvalue weighted by atomic mass is 35.5. The predicted octanol–water partition coefficient (Wildman–Crippen LogP) is 3.93. The standard InChI is InChI=1S/C23H20ClN5O3/c1-31-17-10-9-15(20(12-17)32-2)14-26-23(30)21-22(16-6-5-11-25-13-16)29(28-27-21)19-8-4-3-7-18(19)24/h3-13H,14H2,1-2H3,(H,26,30). The van der Waals surface area contributed by atoms with E-state index in [1.165, 1.54) is 0 Å². The second-order valence-corrected chi connectivity index (χ2v) is 7.16. The van der Waals surface area contributed by atoms with E-state index in [4.69, 9.17) is 21.1 Å². The van der Waals surface area contributed by atoms with Crippen molar-refractivity contribution in [1.29, 1.82) is 0 Å². The van der Waals surface area contributed by atoms with Crippen molar-refractivity contribution in [2.24, 2.45) is 0 Å². The van der Waals surface area contributed by atoms with Gasteiger partial charge in [-0.15, -0.1) is 5.10 Å². The molecule has 4 rings (SSSR count). The van der Waals surface area contributed by atoms with Gasteiger partial charge in [0.1, 0.15) is 17.2 Å². The fraction of sp³-hybridized carbons (Fsp3) is 0.130. The van der Waals surface area contributed by atoms with Crippen LogP contribution < -0.4 is 14.8 Å². The van der Waals surface area contributed by atoms with Crippen LogP contribution in [0.4, 0.5) is 0 Å². The summed E-state index contributed by atoms with van der Waals surface area (Å²) in [4.78, 5) is 17.3. The molecule has 0 spiro atoms. The maximum atomic E-state index is 13.1. The number of ether oxygens (including phenoxy) is 2. The van der Waals surface area contributed by atoms with Gasteiger partial charge in [0.25, 0.3) is 5.91 Å². The molecule has 2 heterocycles. The van der Waals surface area contributed by atoms with E-state index in [1.807, 2.05) is 24.3 Å². The molecule has 0 aliphatic heterocycles. The molecule has 0 saturated carbocycles. The maximum absolute atomic E-state index is 13.1. The van der Waals surface area contributed by atoms with Gasteiger partial charge in [-0.25, -0.2) is 4.68 Å². The number of amides is 1. The number of rotatable bonds is 7. The van der Waals surface area contributed by atoms with Crippen molar-refractivity contribution in [2.45, 2.75) is 6.54 Å². The Kier molecular flexibility index (Phi) is 6.32. The largest absolute Gasteiger partial charge is 0.497 e. The van der Waals surface area contributed by atoms with Crippen molar-refractivity contribution in [3.05, 3.63) is 83.3 Å². The smallest absolute Gasteiger partial charge is 0.274 e. The van der Waals surface area contributed by atoms with Crippen molar-refractivity contribution in [3.63, 3.8) is 0 Å². The Bertz CT molecular complexity index is 1240. The summed E-state index contributed by atoms with van der Waals surface area (Å²) < 4.78 is 12.2. The number of hydrogen-bond donors (Lipinski definition) is 1. The number of benzene rings is 2. The molecule has 4 aromatic rings. The van der Waals surface area contributed by atoms with Crippen molar-refractivity contribution in [3.8, 4) is 28.4 Å². The van der Waals surface area contributed by atoms with E-state index in [0.29, 0.717) is 33.5 Å². The molecule has 1 N–H and O–H groups in total. The topological polar surface area (TPSA) is 91.2 Å². The number of pyridine rings is 1. The molecule has 0 atom stereocenters. The van der Waals surface area contributed by atoms with Gasteiger partial charge < -0.3 is 14.8 Å². The number of nitrogens with one attached hydrogen (secondary N) is 1. The molecule has 0 aliphatic rings. The van der Waals surface area contributed by atoms with Crippen molar-refractivity contribution >= 4 is 17.5 Å². The van der Waals surface area contributed by atoms with Crippen LogP contribution in [-0.4, -0.2) is 40.1 Å². The van der Waals surface area contributed by atoms with E-state index in [9.17, 15) is 4.79 Å². The minimum atomic E-state index is -0.389. The third-order valence-corrected chi connectivity index (χ3v) is 5.15. The number of nitrogens with zero attached hydrogens (tertiary/aromatic N) is 4. The van der Waals surface area contributed by atoms with E-state index in [-0.39, 0.29) is 18.1 Å². The van der Waals surface area contributed by atoms with E-state index in [0.717, 1.165) is 5.56 Å². The van der Waals surface area contributed by atoms with Crippen LogP contribution in [-0.2, 0) is 6.54 Å². The summed E-state index contributed by atoms with van der Waals surface area (Å²) in [5, 5.41) is 11.7.